The Morgan fingerprint density at radius 1 is 1.39 bits per heavy atom. The number of benzene rings is 1. The van der Waals surface area contributed by atoms with Gasteiger partial charge in [0.05, 0.1) is 4.90 Å². The minimum absolute atomic E-state index is 0.205. The maximum absolute atomic E-state index is 13.4. The molecule has 3 nitrogen and oxygen atoms in total. The molecule has 1 aromatic rings. The normalized spacial score (nSPS) is 23.4. The Balaban J connectivity index is 2.71. The Kier molecular flexibility index (Phi) is 3.46. The first-order chi connectivity index (χ1) is 8.26. The second kappa shape index (κ2) is 4.50. The molecule has 2 atom stereocenters. The summed E-state index contributed by atoms with van der Waals surface area (Å²) in [5, 5.41) is 9.60. The van der Waals surface area contributed by atoms with Crippen molar-refractivity contribution >= 4 is 25.8 Å². The number of aliphatic hydroxyl groups excluding tert-OH is 1. The maximum Gasteiger partial charge on any atom is 0.341 e. The highest BCUT2D eigenvalue weighted by Gasteiger charge is 2.40. The highest BCUT2D eigenvalue weighted by molar-refractivity contribution is 9.10. The zero-order valence-corrected chi connectivity index (χ0v) is 11.2. The number of alkyl halides is 3. The van der Waals surface area contributed by atoms with Gasteiger partial charge in [0.15, 0.2) is 0 Å². The average Bonchev–Trinajstić information content (AvgIpc) is 2.57. The minimum Gasteiger partial charge on any atom is -0.385 e. The van der Waals surface area contributed by atoms with Gasteiger partial charge >= 0.3 is 5.76 Å². The Bertz CT molecular complexity index is 588. The molecule has 0 aliphatic heterocycles. The predicted molar refractivity (Wildman–Crippen MR) is 60.9 cm³/mol. The largest absolute Gasteiger partial charge is 0.385 e. The van der Waals surface area contributed by atoms with Crippen LogP contribution in [-0.2, 0) is 16.3 Å². The third-order valence-corrected chi connectivity index (χ3v) is 5.02. The van der Waals surface area contributed by atoms with Gasteiger partial charge in [-0.25, -0.2) is 12.8 Å². The van der Waals surface area contributed by atoms with Gasteiger partial charge in [-0.2, -0.15) is 8.78 Å². The fourth-order valence-electron chi connectivity index (χ4n) is 1.98. The van der Waals surface area contributed by atoms with E-state index in [1.165, 1.54) is 6.07 Å². The second-order valence-electron chi connectivity index (χ2n) is 3.91. The van der Waals surface area contributed by atoms with Crippen LogP contribution in [0.1, 0.15) is 17.2 Å². The number of sulfone groups is 1. The van der Waals surface area contributed by atoms with Crippen molar-refractivity contribution in [2.45, 2.75) is 29.3 Å². The van der Waals surface area contributed by atoms with Gasteiger partial charge in [0, 0.05) is 16.5 Å². The lowest BCUT2D eigenvalue weighted by atomic mass is 10.1. The third kappa shape index (κ3) is 1.96. The predicted octanol–water partition coefficient (Wildman–Crippen LogP) is 2.37. The molecule has 2 rings (SSSR count). The zero-order valence-electron chi connectivity index (χ0n) is 8.78. The van der Waals surface area contributed by atoms with Crippen LogP contribution >= 0.6 is 15.9 Å². The van der Waals surface area contributed by atoms with Crippen LogP contribution in [0.2, 0.25) is 0 Å². The van der Waals surface area contributed by atoms with Crippen LogP contribution in [0.5, 0.6) is 0 Å². The summed E-state index contributed by atoms with van der Waals surface area (Å²) < 4.78 is 61.7. The summed E-state index contributed by atoms with van der Waals surface area (Å²) in [6.45, 7) is 0. The number of rotatable bonds is 2. The summed E-state index contributed by atoms with van der Waals surface area (Å²) in [4.78, 5) is -0.705. The van der Waals surface area contributed by atoms with Gasteiger partial charge < -0.3 is 5.11 Å². The summed E-state index contributed by atoms with van der Waals surface area (Å²) in [6.07, 6.45) is -3.59. The molecular weight excluding hydrogens is 337 g/mol. The van der Waals surface area contributed by atoms with Crippen molar-refractivity contribution in [3.05, 3.63) is 27.7 Å². The molecule has 0 saturated heterocycles. The minimum atomic E-state index is -4.86. The molecule has 0 aromatic heterocycles. The standard InChI is InChI=1S/C10H8BrF3O3S/c11-5-1-2-7(18(16,17)10(13)14)8-4(5)3-6(12)9(8)15/h1-2,6,9-10,15H,3H2/t6-,9+/m0/s1. The van der Waals surface area contributed by atoms with Gasteiger partial charge in [0.2, 0.25) is 9.84 Å². The van der Waals surface area contributed by atoms with Crippen molar-refractivity contribution in [1.82, 2.24) is 0 Å². The first-order valence-electron chi connectivity index (χ1n) is 4.92. The van der Waals surface area contributed by atoms with Crippen LogP contribution in [0, 0.1) is 0 Å². The summed E-state index contributed by atoms with van der Waals surface area (Å²) in [5.74, 6) is -3.60. The highest BCUT2D eigenvalue weighted by Crippen LogP contribution is 2.42. The van der Waals surface area contributed by atoms with Crippen molar-refractivity contribution in [2.24, 2.45) is 0 Å². The molecule has 8 heteroatoms. The van der Waals surface area contributed by atoms with Crippen LogP contribution in [0.4, 0.5) is 13.2 Å². The van der Waals surface area contributed by atoms with Crippen LogP contribution < -0.4 is 0 Å². The van der Waals surface area contributed by atoms with E-state index in [1.54, 1.807) is 0 Å². The molecule has 1 aromatic carbocycles. The molecule has 18 heavy (non-hydrogen) atoms. The molecule has 1 aliphatic rings. The summed E-state index contributed by atoms with van der Waals surface area (Å²) >= 11 is 3.08. The smallest absolute Gasteiger partial charge is 0.341 e. The van der Waals surface area contributed by atoms with Crippen LogP contribution in [0.3, 0.4) is 0 Å². The Morgan fingerprint density at radius 3 is 2.56 bits per heavy atom. The van der Waals surface area contributed by atoms with Crippen molar-refractivity contribution < 1.29 is 26.7 Å². The molecular formula is C10H8BrF3O3S. The molecule has 0 amide bonds. The molecule has 1 aliphatic carbocycles. The number of halogens is 4. The number of hydrogen-bond acceptors (Lipinski definition) is 3. The van der Waals surface area contributed by atoms with E-state index in [2.05, 4.69) is 15.9 Å². The monoisotopic (exact) mass is 344 g/mol. The quantitative estimate of drug-likeness (QED) is 0.896. The Labute approximate surface area is 110 Å². The Morgan fingerprint density at radius 2 is 2.00 bits per heavy atom. The molecule has 0 fully saturated rings. The second-order valence-corrected chi connectivity index (χ2v) is 6.65. The fraction of sp³-hybridized carbons (Fsp3) is 0.400. The average molecular weight is 345 g/mol. The summed E-state index contributed by atoms with van der Waals surface area (Å²) in [6, 6.07) is 2.21. The SMILES string of the molecule is O=S(=O)(c1ccc(Br)c2c1[C@H](O)[C@@H](F)C2)C(F)F. The van der Waals surface area contributed by atoms with Crippen LogP contribution in [0.25, 0.3) is 0 Å². The molecule has 100 valence electrons. The van der Waals surface area contributed by atoms with Gasteiger partial charge in [0.25, 0.3) is 0 Å². The van der Waals surface area contributed by atoms with Crippen molar-refractivity contribution in [3.8, 4) is 0 Å². The molecule has 0 bridgehead atoms. The zero-order chi connectivity index (χ0) is 13.7. The fourth-order valence-corrected chi connectivity index (χ4v) is 3.49. The topological polar surface area (TPSA) is 54.4 Å². The van der Waals surface area contributed by atoms with E-state index >= 15 is 0 Å². The van der Waals surface area contributed by atoms with E-state index < -0.39 is 32.8 Å². The molecule has 0 unspecified atom stereocenters. The van der Waals surface area contributed by atoms with Crippen LogP contribution in [0.15, 0.2) is 21.5 Å². The lowest BCUT2D eigenvalue weighted by molar-refractivity contribution is 0.0906. The van der Waals surface area contributed by atoms with E-state index in [0.29, 0.717) is 4.47 Å². The van der Waals surface area contributed by atoms with Gasteiger partial charge in [0.1, 0.15) is 12.3 Å². The lowest BCUT2D eigenvalue weighted by Crippen LogP contribution is -2.16. The van der Waals surface area contributed by atoms with Gasteiger partial charge in [-0.1, -0.05) is 15.9 Å². The van der Waals surface area contributed by atoms with Crippen LogP contribution in [-0.4, -0.2) is 25.5 Å². The number of fused-ring (bicyclic) bond motifs is 1. The van der Waals surface area contributed by atoms with Gasteiger partial charge in [-0.3, -0.25) is 0 Å². The maximum atomic E-state index is 13.4. The lowest BCUT2D eigenvalue weighted by Gasteiger charge is -2.13. The number of hydrogen-bond donors (Lipinski definition) is 1. The first-order valence-corrected chi connectivity index (χ1v) is 7.26. The molecule has 0 heterocycles. The van der Waals surface area contributed by atoms with E-state index in [-0.39, 0.29) is 17.5 Å². The van der Waals surface area contributed by atoms with Gasteiger partial charge in [-0.05, 0) is 17.7 Å². The van der Waals surface area contributed by atoms with Crippen molar-refractivity contribution in [3.63, 3.8) is 0 Å². The molecule has 0 spiro atoms. The first kappa shape index (κ1) is 13.8. The highest BCUT2D eigenvalue weighted by atomic mass is 79.9. The van der Waals surface area contributed by atoms with E-state index in [4.69, 9.17) is 0 Å². The molecule has 0 saturated carbocycles. The van der Waals surface area contributed by atoms with Crippen molar-refractivity contribution in [2.75, 3.05) is 0 Å². The number of aliphatic hydroxyl groups is 1. The van der Waals surface area contributed by atoms with E-state index in [9.17, 15) is 26.7 Å². The van der Waals surface area contributed by atoms with Crippen molar-refractivity contribution in [1.29, 1.82) is 0 Å². The molecule has 0 radical (unpaired) electrons. The summed E-state index contributed by atoms with van der Waals surface area (Å²) in [7, 11) is -4.86. The third-order valence-electron chi connectivity index (χ3n) is 2.84. The van der Waals surface area contributed by atoms with E-state index in [0.717, 1.165) is 6.07 Å². The molecule has 1 N–H and O–H groups in total. The Hall–Kier alpha value is -0.600. The van der Waals surface area contributed by atoms with Gasteiger partial charge in [-0.15, -0.1) is 0 Å². The summed E-state index contributed by atoms with van der Waals surface area (Å²) in [5.41, 5.74) is -0.0473. The van der Waals surface area contributed by atoms with E-state index in [1.807, 2.05) is 0 Å².